The third kappa shape index (κ3) is 4.51. The van der Waals surface area contributed by atoms with Crippen LogP contribution >= 0.6 is 0 Å². The van der Waals surface area contributed by atoms with E-state index in [1.54, 1.807) is 10.6 Å². The first-order chi connectivity index (χ1) is 16.2. The van der Waals surface area contributed by atoms with Gasteiger partial charge in [-0.3, -0.25) is 14.5 Å². The largest absolute Gasteiger partial charge is 0.416 e. The maximum Gasteiger partial charge on any atom is 0.416 e. The van der Waals surface area contributed by atoms with Gasteiger partial charge in [-0.15, -0.1) is 0 Å². The van der Waals surface area contributed by atoms with E-state index < -0.39 is 17.6 Å². The third-order valence-corrected chi connectivity index (χ3v) is 7.55. The Balaban J connectivity index is 1.38. The lowest BCUT2D eigenvalue weighted by atomic mass is 9.81. The fourth-order valence-electron chi connectivity index (χ4n) is 5.82. The smallest absolute Gasteiger partial charge is 0.320 e. The van der Waals surface area contributed by atoms with Crippen LogP contribution in [0.15, 0.2) is 41.2 Å². The molecule has 0 spiro atoms. The normalized spacial score (nSPS) is 24.0. The minimum absolute atomic E-state index is 0.0787. The van der Waals surface area contributed by atoms with E-state index in [2.05, 4.69) is 22.2 Å². The zero-order chi connectivity index (χ0) is 24.0. The second-order valence-electron chi connectivity index (χ2n) is 9.90. The number of nitrogens with zero attached hydrogens (tertiary/aromatic N) is 3. The van der Waals surface area contributed by atoms with Crippen LogP contribution in [-0.4, -0.2) is 59.5 Å². The summed E-state index contributed by atoms with van der Waals surface area (Å²) in [4.78, 5) is 30.5. The van der Waals surface area contributed by atoms with Gasteiger partial charge in [0, 0.05) is 48.9 Å². The van der Waals surface area contributed by atoms with Gasteiger partial charge in [-0.25, -0.2) is 0 Å². The van der Waals surface area contributed by atoms with Crippen LogP contribution in [0.1, 0.15) is 46.8 Å². The van der Waals surface area contributed by atoms with Crippen molar-refractivity contribution in [3.05, 3.63) is 63.6 Å². The Morgan fingerprint density at radius 3 is 2.38 bits per heavy atom. The van der Waals surface area contributed by atoms with Crippen molar-refractivity contribution < 1.29 is 18.0 Å². The number of hydrogen-bond acceptors (Lipinski definition) is 4. The number of benzene rings is 1. The van der Waals surface area contributed by atoms with E-state index in [9.17, 15) is 22.8 Å². The molecule has 0 saturated carbocycles. The molecule has 2 aromatic rings. The molecule has 2 fully saturated rings. The molecule has 1 amide bonds. The topological polar surface area (TPSA) is 57.6 Å². The van der Waals surface area contributed by atoms with Crippen LogP contribution in [0.4, 0.5) is 18.9 Å². The SMILES string of the molecule is CN1CCC(N2C[C@@H]3C[C@H](C2)c2c(NC(=O)c4ccc(C(F)(F)F)cc4)ccc(=O)n2C3)CC1. The predicted molar refractivity (Wildman–Crippen MR) is 123 cm³/mol. The minimum atomic E-state index is -4.45. The highest BCUT2D eigenvalue weighted by Crippen LogP contribution is 2.40. The summed E-state index contributed by atoms with van der Waals surface area (Å²) in [5.74, 6) is 0.0358. The summed E-state index contributed by atoms with van der Waals surface area (Å²) in [6, 6.07) is 7.80. The number of alkyl halides is 3. The van der Waals surface area contributed by atoms with Gasteiger partial charge in [-0.05, 0) is 75.6 Å². The Morgan fingerprint density at radius 1 is 1.00 bits per heavy atom. The molecule has 3 aliphatic rings. The highest BCUT2D eigenvalue weighted by molar-refractivity contribution is 6.04. The molecule has 2 atom stereocenters. The van der Waals surface area contributed by atoms with Crippen LogP contribution in [0.25, 0.3) is 0 Å². The summed E-state index contributed by atoms with van der Waals surface area (Å²) in [5.41, 5.74) is 0.669. The van der Waals surface area contributed by atoms with Crippen LogP contribution in [0, 0.1) is 5.92 Å². The number of carbonyl (C=O) groups excluding carboxylic acids is 1. The van der Waals surface area contributed by atoms with E-state index in [1.807, 2.05) is 0 Å². The quantitative estimate of drug-likeness (QED) is 0.738. The molecule has 2 saturated heterocycles. The van der Waals surface area contributed by atoms with E-state index >= 15 is 0 Å². The Hall–Kier alpha value is -2.65. The molecule has 9 heteroatoms. The van der Waals surface area contributed by atoms with Gasteiger partial charge in [0.2, 0.25) is 0 Å². The van der Waals surface area contributed by atoms with Gasteiger partial charge in [0.25, 0.3) is 11.5 Å². The highest BCUT2D eigenvalue weighted by atomic mass is 19.4. The third-order valence-electron chi connectivity index (χ3n) is 7.55. The van der Waals surface area contributed by atoms with Gasteiger partial charge in [0.1, 0.15) is 0 Å². The molecule has 4 heterocycles. The standard InChI is InChI=1S/C25H29F3N4O2/c1-30-10-8-20(9-11-30)31-13-16-12-18(15-31)23-21(6-7-22(33)32(23)14-16)29-24(34)17-2-4-19(5-3-17)25(26,27)28/h2-7,16,18,20H,8-15H2,1H3,(H,29,34)/t16-,18+/m0/s1. The Labute approximate surface area is 196 Å². The van der Waals surface area contributed by atoms with Crippen molar-refractivity contribution >= 4 is 11.6 Å². The van der Waals surface area contributed by atoms with Crippen molar-refractivity contribution in [2.24, 2.45) is 5.92 Å². The maximum absolute atomic E-state index is 12.9. The van der Waals surface area contributed by atoms with Gasteiger partial charge in [-0.2, -0.15) is 13.2 Å². The van der Waals surface area contributed by atoms with Crippen LogP contribution in [-0.2, 0) is 12.7 Å². The molecule has 5 rings (SSSR count). The molecule has 182 valence electrons. The van der Waals surface area contributed by atoms with Crippen molar-refractivity contribution in [1.82, 2.24) is 14.4 Å². The first-order valence-electron chi connectivity index (χ1n) is 11.8. The van der Waals surface area contributed by atoms with Gasteiger partial charge >= 0.3 is 6.18 Å². The van der Waals surface area contributed by atoms with Gasteiger partial charge in [0.15, 0.2) is 0 Å². The first-order valence-corrected chi connectivity index (χ1v) is 11.8. The summed E-state index contributed by atoms with van der Waals surface area (Å²) in [5, 5.41) is 2.87. The highest BCUT2D eigenvalue weighted by Gasteiger charge is 2.39. The molecule has 2 bridgehead atoms. The fraction of sp³-hybridized carbons (Fsp3) is 0.520. The van der Waals surface area contributed by atoms with Gasteiger partial charge in [-0.1, -0.05) is 0 Å². The molecule has 1 aromatic carbocycles. The summed E-state index contributed by atoms with van der Waals surface area (Å²) >= 11 is 0. The Kier molecular flexibility index (Phi) is 6.02. The number of amides is 1. The van der Waals surface area contributed by atoms with Crippen molar-refractivity contribution in [2.45, 2.75) is 43.9 Å². The Morgan fingerprint density at radius 2 is 1.71 bits per heavy atom. The first kappa shape index (κ1) is 23.1. The average Bonchev–Trinajstić information content (AvgIpc) is 2.80. The van der Waals surface area contributed by atoms with Crippen LogP contribution < -0.4 is 10.9 Å². The zero-order valence-electron chi connectivity index (χ0n) is 19.1. The van der Waals surface area contributed by atoms with Crippen molar-refractivity contribution in [2.75, 3.05) is 38.5 Å². The van der Waals surface area contributed by atoms with Crippen LogP contribution in [0.2, 0.25) is 0 Å². The van der Waals surface area contributed by atoms with E-state index in [0.717, 1.165) is 63.3 Å². The second kappa shape index (κ2) is 8.85. The lowest BCUT2D eigenvalue weighted by molar-refractivity contribution is -0.137. The van der Waals surface area contributed by atoms with Crippen molar-refractivity contribution in [1.29, 1.82) is 0 Å². The summed E-state index contributed by atoms with van der Waals surface area (Å²) in [6.07, 6.45) is -1.22. The monoisotopic (exact) mass is 474 g/mol. The number of nitrogens with one attached hydrogen (secondary N) is 1. The predicted octanol–water partition coefficient (Wildman–Crippen LogP) is 3.63. The van der Waals surface area contributed by atoms with E-state index in [-0.39, 0.29) is 17.0 Å². The molecule has 0 unspecified atom stereocenters. The number of aromatic nitrogens is 1. The molecular formula is C25H29F3N4O2. The van der Waals surface area contributed by atoms with Crippen LogP contribution in [0.5, 0.6) is 0 Å². The Bertz CT molecular complexity index is 1120. The van der Waals surface area contributed by atoms with Crippen molar-refractivity contribution in [3.63, 3.8) is 0 Å². The number of hydrogen-bond donors (Lipinski definition) is 1. The number of fused-ring (bicyclic) bond motifs is 4. The fourth-order valence-corrected chi connectivity index (χ4v) is 5.82. The maximum atomic E-state index is 12.9. The minimum Gasteiger partial charge on any atom is -0.320 e. The molecule has 0 aliphatic carbocycles. The number of carbonyl (C=O) groups is 1. The molecule has 6 nitrogen and oxygen atoms in total. The zero-order valence-corrected chi connectivity index (χ0v) is 19.1. The molecule has 3 aliphatic heterocycles. The second-order valence-corrected chi connectivity index (χ2v) is 9.90. The average molecular weight is 475 g/mol. The molecular weight excluding hydrogens is 445 g/mol. The number of anilines is 1. The van der Waals surface area contributed by atoms with E-state index in [0.29, 0.717) is 24.2 Å². The summed E-state index contributed by atoms with van der Waals surface area (Å²) < 4.78 is 40.4. The van der Waals surface area contributed by atoms with Crippen LogP contribution in [0.3, 0.4) is 0 Å². The number of halogens is 3. The lowest BCUT2D eigenvalue weighted by Gasteiger charge is -2.47. The van der Waals surface area contributed by atoms with Gasteiger partial charge < -0.3 is 14.8 Å². The summed E-state index contributed by atoms with van der Waals surface area (Å²) in [7, 11) is 2.15. The number of likely N-dealkylation sites (tertiary alicyclic amines) is 2. The summed E-state index contributed by atoms with van der Waals surface area (Å²) in [6.45, 7) is 4.62. The van der Waals surface area contributed by atoms with Gasteiger partial charge in [0.05, 0.1) is 11.3 Å². The van der Waals surface area contributed by atoms with Crippen molar-refractivity contribution in [3.8, 4) is 0 Å². The molecule has 1 N–H and O–H groups in total. The lowest BCUT2D eigenvalue weighted by Crippen LogP contribution is -2.53. The molecule has 34 heavy (non-hydrogen) atoms. The number of pyridine rings is 1. The molecule has 0 radical (unpaired) electrons. The molecule has 1 aromatic heterocycles. The van der Waals surface area contributed by atoms with E-state index in [1.165, 1.54) is 18.2 Å². The van der Waals surface area contributed by atoms with E-state index in [4.69, 9.17) is 0 Å². The number of piperidine rings is 2. The number of rotatable bonds is 3.